The Labute approximate surface area is 75.6 Å². The molecule has 0 aromatic rings. The SMILES string of the molecule is CCCCC(O)C(CC)C(C)O. The van der Waals surface area contributed by atoms with Crippen molar-refractivity contribution in [2.24, 2.45) is 5.92 Å². The van der Waals surface area contributed by atoms with E-state index in [2.05, 4.69) is 6.92 Å². The van der Waals surface area contributed by atoms with Crippen LogP contribution in [0.25, 0.3) is 0 Å². The summed E-state index contributed by atoms with van der Waals surface area (Å²) < 4.78 is 0. The van der Waals surface area contributed by atoms with Gasteiger partial charge in [-0.3, -0.25) is 0 Å². The molecule has 0 saturated carbocycles. The fourth-order valence-electron chi connectivity index (χ4n) is 1.56. The van der Waals surface area contributed by atoms with E-state index >= 15 is 0 Å². The first-order chi connectivity index (χ1) is 5.63. The van der Waals surface area contributed by atoms with Crippen LogP contribution in [-0.2, 0) is 0 Å². The topological polar surface area (TPSA) is 40.5 Å². The van der Waals surface area contributed by atoms with Crippen LogP contribution in [0.15, 0.2) is 0 Å². The molecule has 0 rings (SSSR count). The molecule has 0 saturated heterocycles. The Morgan fingerprint density at radius 2 is 1.75 bits per heavy atom. The van der Waals surface area contributed by atoms with E-state index in [-0.39, 0.29) is 18.1 Å². The highest BCUT2D eigenvalue weighted by atomic mass is 16.3. The summed E-state index contributed by atoms with van der Waals surface area (Å²) in [6.45, 7) is 5.87. The van der Waals surface area contributed by atoms with Crippen molar-refractivity contribution in [1.29, 1.82) is 0 Å². The summed E-state index contributed by atoms with van der Waals surface area (Å²) in [5.41, 5.74) is 0. The van der Waals surface area contributed by atoms with Gasteiger partial charge < -0.3 is 10.2 Å². The van der Waals surface area contributed by atoms with Crippen molar-refractivity contribution in [3.63, 3.8) is 0 Å². The molecule has 0 amide bonds. The molecule has 12 heavy (non-hydrogen) atoms. The second kappa shape index (κ2) is 6.44. The molecular formula is C10H22O2. The number of unbranched alkanes of at least 4 members (excludes halogenated alkanes) is 1. The molecule has 3 atom stereocenters. The van der Waals surface area contributed by atoms with Crippen LogP contribution in [0.2, 0.25) is 0 Å². The largest absolute Gasteiger partial charge is 0.393 e. The summed E-state index contributed by atoms with van der Waals surface area (Å²) >= 11 is 0. The molecule has 2 nitrogen and oxygen atoms in total. The molecule has 0 aliphatic carbocycles. The molecule has 74 valence electrons. The molecule has 0 fully saturated rings. The van der Waals surface area contributed by atoms with Gasteiger partial charge >= 0.3 is 0 Å². The van der Waals surface area contributed by atoms with Crippen LogP contribution < -0.4 is 0 Å². The van der Waals surface area contributed by atoms with Crippen LogP contribution >= 0.6 is 0 Å². The lowest BCUT2D eigenvalue weighted by molar-refractivity contribution is 0.0144. The Bertz CT molecular complexity index is 102. The Morgan fingerprint density at radius 1 is 1.17 bits per heavy atom. The van der Waals surface area contributed by atoms with Crippen molar-refractivity contribution < 1.29 is 10.2 Å². The Hall–Kier alpha value is -0.0800. The molecular weight excluding hydrogens is 152 g/mol. The summed E-state index contributed by atoms with van der Waals surface area (Å²) in [4.78, 5) is 0. The molecule has 0 heterocycles. The zero-order valence-corrected chi connectivity index (χ0v) is 8.45. The zero-order valence-electron chi connectivity index (χ0n) is 8.45. The predicted octanol–water partition coefficient (Wildman–Crippen LogP) is 1.94. The lowest BCUT2D eigenvalue weighted by atomic mass is 9.91. The van der Waals surface area contributed by atoms with Gasteiger partial charge in [0.25, 0.3) is 0 Å². The normalized spacial score (nSPS) is 18.8. The first kappa shape index (κ1) is 11.9. The second-order valence-corrected chi connectivity index (χ2v) is 3.52. The van der Waals surface area contributed by atoms with Gasteiger partial charge in [0, 0.05) is 5.92 Å². The Kier molecular flexibility index (Phi) is 6.39. The summed E-state index contributed by atoms with van der Waals surface area (Å²) in [6.07, 6.45) is 3.11. The first-order valence-corrected chi connectivity index (χ1v) is 4.99. The molecule has 0 aromatic carbocycles. The van der Waals surface area contributed by atoms with Gasteiger partial charge in [0.2, 0.25) is 0 Å². The molecule has 2 N–H and O–H groups in total. The smallest absolute Gasteiger partial charge is 0.0592 e. The van der Waals surface area contributed by atoms with E-state index in [0.29, 0.717) is 0 Å². The third-order valence-corrected chi connectivity index (χ3v) is 2.44. The predicted molar refractivity (Wildman–Crippen MR) is 51.0 cm³/mol. The van der Waals surface area contributed by atoms with Crippen LogP contribution in [0.4, 0.5) is 0 Å². The third kappa shape index (κ3) is 4.07. The summed E-state index contributed by atoms with van der Waals surface area (Å²) in [5.74, 6) is 0.0524. The molecule has 0 aliphatic heterocycles. The van der Waals surface area contributed by atoms with E-state index in [1.807, 2.05) is 6.92 Å². The summed E-state index contributed by atoms with van der Waals surface area (Å²) in [6, 6.07) is 0. The van der Waals surface area contributed by atoms with Gasteiger partial charge in [-0.25, -0.2) is 0 Å². The Morgan fingerprint density at radius 3 is 2.08 bits per heavy atom. The first-order valence-electron chi connectivity index (χ1n) is 4.99. The van der Waals surface area contributed by atoms with E-state index < -0.39 is 0 Å². The van der Waals surface area contributed by atoms with Crippen molar-refractivity contribution in [3.05, 3.63) is 0 Å². The maximum Gasteiger partial charge on any atom is 0.0592 e. The van der Waals surface area contributed by atoms with Crippen molar-refractivity contribution in [1.82, 2.24) is 0 Å². The molecule has 0 spiro atoms. The lowest BCUT2D eigenvalue weighted by Gasteiger charge is -2.23. The molecule has 3 unspecified atom stereocenters. The average molecular weight is 174 g/mol. The summed E-state index contributed by atoms with van der Waals surface area (Å²) in [5, 5.41) is 19.0. The van der Waals surface area contributed by atoms with Gasteiger partial charge in [-0.05, 0) is 19.8 Å². The number of rotatable bonds is 6. The average Bonchev–Trinajstić information content (AvgIpc) is 2.01. The van der Waals surface area contributed by atoms with E-state index in [1.165, 1.54) is 0 Å². The van der Waals surface area contributed by atoms with Crippen molar-refractivity contribution >= 4 is 0 Å². The lowest BCUT2D eigenvalue weighted by Crippen LogP contribution is -2.29. The molecule has 0 aromatic heterocycles. The highest BCUT2D eigenvalue weighted by molar-refractivity contribution is 4.71. The molecule has 0 aliphatic rings. The minimum atomic E-state index is -0.387. The molecule has 0 radical (unpaired) electrons. The fraction of sp³-hybridized carbons (Fsp3) is 1.00. The van der Waals surface area contributed by atoms with Crippen LogP contribution in [0.5, 0.6) is 0 Å². The van der Waals surface area contributed by atoms with Gasteiger partial charge in [-0.15, -0.1) is 0 Å². The van der Waals surface area contributed by atoms with Gasteiger partial charge in [-0.1, -0.05) is 26.7 Å². The van der Waals surface area contributed by atoms with E-state index in [4.69, 9.17) is 0 Å². The van der Waals surface area contributed by atoms with Crippen LogP contribution in [-0.4, -0.2) is 22.4 Å². The molecule has 0 bridgehead atoms. The Balaban J connectivity index is 3.77. The van der Waals surface area contributed by atoms with E-state index in [0.717, 1.165) is 25.7 Å². The summed E-state index contributed by atoms with van der Waals surface area (Å²) in [7, 11) is 0. The number of aliphatic hydroxyl groups excluding tert-OH is 2. The quantitative estimate of drug-likeness (QED) is 0.646. The highest BCUT2D eigenvalue weighted by Crippen LogP contribution is 2.18. The van der Waals surface area contributed by atoms with Gasteiger partial charge in [0.15, 0.2) is 0 Å². The number of aliphatic hydroxyl groups is 2. The number of hydrogen-bond acceptors (Lipinski definition) is 2. The third-order valence-electron chi connectivity index (χ3n) is 2.44. The van der Waals surface area contributed by atoms with Crippen LogP contribution in [0.3, 0.4) is 0 Å². The van der Waals surface area contributed by atoms with Crippen LogP contribution in [0, 0.1) is 5.92 Å². The zero-order chi connectivity index (χ0) is 9.56. The number of hydrogen-bond donors (Lipinski definition) is 2. The minimum Gasteiger partial charge on any atom is -0.393 e. The standard InChI is InChI=1S/C10H22O2/c1-4-6-7-10(12)9(5-2)8(3)11/h8-12H,4-7H2,1-3H3. The second-order valence-electron chi connectivity index (χ2n) is 3.52. The minimum absolute atomic E-state index is 0.0524. The van der Waals surface area contributed by atoms with Crippen molar-refractivity contribution in [2.45, 2.75) is 58.7 Å². The van der Waals surface area contributed by atoms with Gasteiger partial charge in [0.1, 0.15) is 0 Å². The molecule has 2 heteroatoms. The maximum absolute atomic E-state index is 9.65. The van der Waals surface area contributed by atoms with Gasteiger partial charge in [-0.2, -0.15) is 0 Å². The van der Waals surface area contributed by atoms with Crippen LogP contribution in [0.1, 0.15) is 46.5 Å². The highest BCUT2D eigenvalue weighted by Gasteiger charge is 2.21. The van der Waals surface area contributed by atoms with Gasteiger partial charge in [0.05, 0.1) is 12.2 Å². The van der Waals surface area contributed by atoms with Crippen molar-refractivity contribution in [3.8, 4) is 0 Å². The monoisotopic (exact) mass is 174 g/mol. The van der Waals surface area contributed by atoms with E-state index in [9.17, 15) is 10.2 Å². The van der Waals surface area contributed by atoms with Crippen molar-refractivity contribution in [2.75, 3.05) is 0 Å². The van der Waals surface area contributed by atoms with E-state index in [1.54, 1.807) is 6.92 Å². The fourth-order valence-corrected chi connectivity index (χ4v) is 1.56. The maximum atomic E-state index is 9.65.